The van der Waals surface area contributed by atoms with Crippen LogP contribution in [0.1, 0.15) is 30.9 Å². The molecule has 1 heterocycles. The number of benzene rings is 2. The molecule has 0 bridgehead atoms. The Bertz CT molecular complexity index is 767. The summed E-state index contributed by atoms with van der Waals surface area (Å²) in [5.41, 5.74) is 2.49. The number of hydrogen-bond donors (Lipinski definition) is 0. The van der Waals surface area contributed by atoms with E-state index in [1.54, 1.807) is 14.2 Å². The first-order valence-corrected chi connectivity index (χ1v) is 10.1. The van der Waals surface area contributed by atoms with Gasteiger partial charge in [0.05, 0.1) is 14.2 Å². The van der Waals surface area contributed by atoms with Crippen molar-refractivity contribution < 1.29 is 14.3 Å². The minimum atomic E-state index is -0.0382. The second-order valence-corrected chi connectivity index (χ2v) is 7.75. The number of nitrogens with zero attached hydrogens (tertiary/aromatic N) is 1. The van der Waals surface area contributed by atoms with E-state index in [1.165, 1.54) is 5.56 Å². The van der Waals surface area contributed by atoms with Crippen LogP contribution in [0.3, 0.4) is 0 Å². The molecule has 0 radical (unpaired) electrons. The maximum absolute atomic E-state index is 12.9. The molecule has 28 heavy (non-hydrogen) atoms. The maximum atomic E-state index is 12.9. The van der Waals surface area contributed by atoms with E-state index in [4.69, 9.17) is 9.47 Å². The van der Waals surface area contributed by atoms with Crippen molar-refractivity contribution in [2.75, 3.05) is 27.3 Å². The van der Waals surface area contributed by atoms with Gasteiger partial charge in [0, 0.05) is 19.0 Å². The smallest absolute Gasteiger partial charge is 0.225 e. The van der Waals surface area contributed by atoms with E-state index in [1.807, 2.05) is 30.0 Å². The van der Waals surface area contributed by atoms with Crippen LogP contribution >= 0.6 is 0 Å². The van der Waals surface area contributed by atoms with E-state index in [0.29, 0.717) is 23.8 Å². The quantitative estimate of drug-likeness (QED) is 0.715. The summed E-state index contributed by atoms with van der Waals surface area (Å²) in [6.07, 6.45) is 4.00. The summed E-state index contributed by atoms with van der Waals surface area (Å²) in [6.45, 7) is 3.76. The van der Waals surface area contributed by atoms with Crippen molar-refractivity contribution in [2.24, 2.45) is 11.8 Å². The molecule has 0 N–H and O–H groups in total. The van der Waals surface area contributed by atoms with E-state index in [2.05, 4.69) is 30.3 Å². The highest BCUT2D eigenvalue weighted by Gasteiger charge is 2.26. The third-order valence-corrected chi connectivity index (χ3v) is 5.70. The molecule has 0 aromatic heterocycles. The van der Waals surface area contributed by atoms with Crippen molar-refractivity contribution in [1.82, 2.24) is 4.90 Å². The van der Waals surface area contributed by atoms with Gasteiger partial charge in [-0.1, -0.05) is 43.3 Å². The van der Waals surface area contributed by atoms with E-state index in [-0.39, 0.29) is 11.8 Å². The number of ether oxygens (including phenoxy) is 2. The summed E-state index contributed by atoms with van der Waals surface area (Å²) < 4.78 is 10.7. The molecule has 3 rings (SSSR count). The van der Waals surface area contributed by atoms with Crippen molar-refractivity contribution in [3.63, 3.8) is 0 Å². The molecule has 1 fully saturated rings. The van der Waals surface area contributed by atoms with Crippen LogP contribution in [0.15, 0.2) is 48.5 Å². The lowest BCUT2D eigenvalue weighted by Crippen LogP contribution is -2.42. The number of hydrogen-bond acceptors (Lipinski definition) is 3. The van der Waals surface area contributed by atoms with Gasteiger partial charge in [0.15, 0.2) is 11.5 Å². The highest BCUT2D eigenvalue weighted by molar-refractivity contribution is 5.79. The van der Waals surface area contributed by atoms with Crippen molar-refractivity contribution >= 4 is 5.91 Å². The Morgan fingerprint density at radius 1 is 1.00 bits per heavy atom. The fourth-order valence-corrected chi connectivity index (χ4v) is 4.07. The van der Waals surface area contributed by atoms with Crippen molar-refractivity contribution in [1.29, 1.82) is 0 Å². The predicted molar refractivity (Wildman–Crippen MR) is 112 cm³/mol. The molecule has 4 heteroatoms. The zero-order valence-corrected chi connectivity index (χ0v) is 17.2. The van der Waals surface area contributed by atoms with E-state index in [0.717, 1.165) is 37.9 Å². The molecule has 2 aromatic rings. The van der Waals surface area contributed by atoms with Gasteiger partial charge in [-0.2, -0.15) is 0 Å². The van der Waals surface area contributed by atoms with Crippen LogP contribution in [-0.2, 0) is 17.6 Å². The van der Waals surface area contributed by atoms with Gasteiger partial charge in [-0.05, 0) is 54.9 Å². The zero-order valence-electron chi connectivity index (χ0n) is 17.2. The van der Waals surface area contributed by atoms with Crippen LogP contribution in [0, 0.1) is 11.8 Å². The molecule has 1 atom stereocenters. The van der Waals surface area contributed by atoms with E-state index in [9.17, 15) is 4.79 Å². The fourth-order valence-electron chi connectivity index (χ4n) is 4.07. The van der Waals surface area contributed by atoms with Gasteiger partial charge in [-0.25, -0.2) is 0 Å². The highest BCUT2D eigenvalue weighted by Crippen LogP contribution is 2.29. The van der Waals surface area contributed by atoms with Gasteiger partial charge in [-0.15, -0.1) is 0 Å². The molecule has 1 amide bonds. The largest absolute Gasteiger partial charge is 0.493 e. The number of likely N-dealkylation sites (tertiary alicyclic amines) is 1. The average molecular weight is 382 g/mol. The predicted octanol–water partition coefficient (Wildman–Crippen LogP) is 4.36. The third kappa shape index (κ3) is 5.06. The minimum absolute atomic E-state index is 0.0382. The third-order valence-electron chi connectivity index (χ3n) is 5.70. The number of carbonyl (C=O) groups excluding carboxylic acids is 1. The highest BCUT2D eigenvalue weighted by atomic mass is 16.5. The second kappa shape index (κ2) is 9.63. The number of carbonyl (C=O) groups is 1. The molecular weight excluding hydrogens is 350 g/mol. The summed E-state index contributed by atoms with van der Waals surface area (Å²) in [7, 11) is 3.26. The van der Waals surface area contributed by atoms with Gasteiger partial charge in [-0.3, -0.25) is 4.79 Å². The van der Waals surface area contributed by atoms with Crippen molar-refractivity contribution in [3.8, 4) is 11.5 Å². The molecule has 1 saturated heterocycles. The lowest BCUT2D eigenvalue weighted by atomic mass is 9.89. The Hall–Kier alpha value is -2.49. The number of piperidine rings is 1. The normalized spacial score (nSPS) is 15.9. The Morgan fingerprint density at radius 3 is 2.32 bits per heavy atom. The maximum Gasteiger partial charge on any atom is 0.225 e. The Morgan fingerprint density at radius 2 is 1.68 bits per heavy atom. The first-order valence-electron chi connectivity index (χ1n) is 10.1. The SMILES string of the molecule is COc1ccc(CC(C)C(=O)N2CCC(Cc3ccccc3)CC2)cc1OC. The Labute approximate surface area is 168 Å². The van der Waals surface area contributed by atoms with E-state index < -0.39 is 0 Å². The van der Waals surface area contributed by atoms with Gasteiger partial charge < -0.3 is 14.4 Å². The summed E-state index contributed by atoms with van der Waals surface area (Å²) in [6, 6.07) is 16.5. The van der Waals surface area contributed by atoms with Gasteiger partial charge in [0.25, 0.3) is 0 Å². The monoisotopic (exact) mass is 381 g/mol. The topological polar surface area (TPSA) is 38.8 Å². The molecule has 0 aliphatic carbocycles. The van der Waals surface area contributed by atoms with Gasteiger partial charge in [0.1, 0.15) is 0 Å². The average Bonchev–Trinajstić information content (AvgIpc) is 2.74. The number of amides is 1. The summed E-state index contributed by atoms with van der Waals surface area (Å²) in [4.78, 5) is 15.0. The first kappa shape index (κ1) is 20.2. The second-order valence-electron chi connectivity index (χ2n) is 7.75. The van der Waals surface area contributed by atoms with Crippen LogP contribution in [-0.4, -0.2) is 38.1 Å². The molecular formula is C24H31NO3. The fraction of sp³-hybridized carbons (Fsp3) is 0.458. The molecule has 1 aliphatic heterocycles. The molecule has 0 saturated carbocycles. The standard InChI is InChI=1S/C24H31NO3/c1-18(15-21-9-10-22(27-2)23(17-21)28-3)24(26)25-13-11-20(12-14-25)16-19-7-5-4-6-8-19/h4-10,17-18,20H,11-16H2,1-3H3. The van der Waals surface area contributed by atoms with Gasteiger partial charge in [0.2, 0.25) is 5.91 Å². The Balaban J connectivity index is 1.52. The van der Waals surface area contributed by atoms with Crippen molar-refractivity contribution in [2.45, 2.75) is 32.6 Å². The lowest BCUT2D eigenvalue weighted by molar-refractivity contribution is -0.136. The molecule has 2 aromatic carbocycles. The zero-order chi connectivity index (χ0) is 19.9. The minimum Gasteiger partial charge on any atom is -0.493 e. The lowest BCUT2D eigenvalue weighted by Gasteiger charge is -2.33. The molecule has 0 spiro atoms. The summed E-state index contributed by atoms with van der Waals surface area (Å²) in [5, 5.41) is 0. The van der Waals surface area contributed by atoms with Crippen molar-refractivity contribution in [3.05, 3.63) is 59.7 Å². The van der Waals surface area contributed by atoms with Crippen LogP contribution in [0.25, 0.3) is 0 Å². The van der Waals surface area contributed by atoms with E-state index >= 15 is 0 Å². The molecule has 1 unspecified atom stereocenters. The molecule has 1 aliphatic rings. The van der Waals surface area contributed by atoms with Gasteiger partial charge >= 0.3 is 0 Å². The number of methoxy groups -OCH3 is 2. The van der Waals surface area contributed by atoms with Crippen LogP contribution in [0.4, 0.5) is 0 Å². The van der Waals surface area contributed by atoms with Crippen LogP contribution in [0.5, 0.6) is 11.5 Å². The summed E-state index contributed by atoms with van der Waals surface area (Å²) in [5.74, 6) is 2.32. The number of rotatable bonds is 7. The van der Waals surface area contributed by atoms with Crippen LogP contribution < -0.4 is 9.47 Å². The summed E-state index contributed by atoms with van der Waals surface area (Å²) >= 11 is 0. The first-order chi connectivity index (χ1) is 13.6. The van der Waals surface area contributed by atoms with Crippen LogP contribution in [0.2, 0.25) is 0 Å². The Kier molecular flexibility index (Phi) is 6.96. The molecule has 4 nitrogen and oxygen atoms in total. The molecule has 150 valence electrons.